The molecular weight excluding hydrogens is 226 g/mol. The van der Waals surface area contributed by atoms with E-state index >= 15 is 0 Å². The summed E-state index contributed by atoms with van der Waals surface area (Å²) >= 11 is 0. The Labute approximate surface area is 108 Å². The Balaban J connectivity index is 1.85. The van der Waals surface area contributed by atoms with Gasteiger partial charge in [-0.1, -0.05) is 12.1 Å². The average molecular weight is 247 g/mol. The van der Waals surface area contributed by atoms with Gasteiger partial charge < -0.3 is 9.84 Å². The SMILES string of the molecule is CCOc1ccc(C2(O)CCN3CCCC32)cc1. The second-order valence-electron chi connectivity index (χ2n) is 5.33. The van der Waals surface area contributed by atoms with Crippen LogP contribution in [0.1, 0.15) is 31.7 Å². The van der Waals surface area contributed by atoms with Crippen LogP contribution in [0.4, 0.5) is 0 Å². The first kappa shape index (κ1) is 12.0. The zero-order valence-corrected chi connectivity index (χ0v) is 10.9. The number of nitrogens with zero attached hydrogens (tertiary/aromatic N) is 1. The van der Waals surface area contributed by atoms with E-state index in [0.717, 1.165) is 37.2 Å². The molecule has 0 bridgehead atoms. The maximum absolute atomic E-state index is 11.0. The minimum absolute atomic E-state index is 0.315. The fraction of sp³-hybridized carbons (Fsp3) is 0.600. The third-order valence-corrected chi connectivity index (χ3v) is 4.36. The van der Waals surface area contributed by atoms with Gasteiger partial charge in [0.25, 0.3) is 0 Å². The number of ether oxygens (including phenoxy) is 1. The lowest BCUT2D eigenvalue weighted by molar-refractivity contribution is 0.00934. The van der Waals surface area contributed by atoms with E-state index < -0.39 is 5.60 Å². The van der Waals surface area contributed by atoms with Crippen LogP contribution in [0, 0.1) is 0 Å². The normalized spacial score (nSPS) is 31.6. The molecule has 2 fully saturated rings. The zero-order valence-electron chi connectivity index (χ0n) is 10.9. The van der Waals surface area contributed by atoms with E-state index in [0.29, 0.717) is 12.6 Å². The van der Waals surface area contributed by atoms with Crippen molar-refractivity contribution >= 4 is 0 Å². The summed E-state index contributed by atoms with van der Waals surface area (Å²) in [6, 6.07) is 8.29. The molecule has 0 saturated carbocycles. The fourth-order valence-corrected chi connectivity index (χ4v) is 3.46. The third kappa shape index (κ3) is 1.82. The van der Waals surface area contributed by atoms with Crippen molar-refractivity contribution in [2.24, 2.45) is 0 Å². The van der Waals surface area contributed by atoms with Gasteiger partial charge in [-0.25, -0.2) is 0 Å². The summed E-state index contributed by atoms with van der Waals surface area (Å²) in [5, 5.41) is 11.0. The third-order valence-electron chi connectivity index (χ3n) is 4.36. The van der Waals surface area contributed by atoms with E-state index in [1.165, 1.54) is 6.42 Å². The van der Waals surface area contributed by atoms with Gasteiger partial charge in [0.15, 0.2) is 0 Å². The maximum atomic E-state index is 11.0. The summed E-state index contributed by atoms with van der Waals surface area (Å²) in [6.45, 7) is 4.83. The molecule has 2 aliphatic heterocycles. The monoisotopic (exact) mass is 247 g/mol. The Hall–Kier alpha value is -1.06. The van der Waals surface area contributed by atoms with E-state index in [9.17, 15) is 5.11 Å². The van der Waals surface area contributed by atoms with Crippen LogP contribution in [-0.2, 0) is 5.60 Å². The van der Waals surface area contributed by atoms with Crippen molar-refractivity contribution in [2.45, 2.75) is 37.8 Å². The van der Waals surface area contributed by atoms with Gasteiger partial charge in [-0.3, -0.25) is 4.90 Å². The number of hydrogen-bond donors (Lipinski definition) is 1. The first-order chi connectivity index (χ1) is 8.74. The average Bonchev–Trinajstić information content (AvgIpc) is 2.96. The van der Waals surface area contributed by atoms with Crippen molar-refractivity contribution in [2.75, 3.05) is 19.7 Å². The fourth-order valence-electron chi connectivity index (χ4n) is 3.46. The summed E-state index contributed by atoms with van der Waals surface area (Å²) in [7, 11) is 0. The van der Waals surface area contributed by atoms with Crippen molar-refractivity contribution in [3.05, 3.63) is 29.8 Å². The standard InChI is InChI=1S/C15H21NO2/c1-2-18-13-7-5-12(6-8-13)15(17)9-11-16-10-3-4-14(15)16/h5-8,14,17H,2-4,9-11H2,1H3. The smallest absolute Gasteiger partial charge is 0.119 e. The predicted molar refractivity (Wildman–Crippen MR) is 70.7 cm³/mol. The van der Waals surface area contributed by atoms with Crippen LogP contribution in [0.15, 0.2) is 24.3 Å². The molecule has 3 nitrogen and oxygen atoms in total. The Kier molecular flexibility index (Phi) is 3.04. The minimum Gasteiger partial charge on any atom is -0.494 e. The molecule has 1 N–H and O–H groups in total. The molecule has 0 aliphatic carbocycles. The van der Waals surface area contributed by atoms with Crippen LogP contribution in [0.25, 0.3) is 0 Å². The van der Waals surface area contributed by atoms with Gasteiger partial charge in [0.05, 0.1) is 6.61 Å². The zero-order chi connectivity index (χ0) is 12.6. The first-order valence-electron chi connectivity index (χ1n) is 6.94. The van der Waals surface area contributed by atoms with Crippen molar-refractivity contribution in [3.63, 3.8) is 0 Å². The Bertz CT molecular complexity index is 417. The molecule has 1 aromatic carbocycles. The Morgan fingerprint density at radius 1 is 1.33 bits per heavy atom. The van der Waals surface area contributed by atoms with Crippen LogP contribution in [0.2, 0.25) is 0 Å². The highest BCUT2D eigenvalue weighted by atomic mass is 16.5. The number of fused-ring (bicyclic) bond motifs is 1. The molecule has 2 atom stereocenters. The molecule has 2 unspecified atom stereocenters. The van der Waals surface area contributed by atoms with Gasteiger partial charge in [0, 0.05) is 12.6 Å². The topological polar surface area (TPSA) is 32.7 Å². The second kappa shape index (κ2) is 4.56. The number of aliphatic hydroxyl groups is 1. The maximum Gasteiger partial charge on any atom is 0.119 e. The Morgan fingerprint density at radius 2 is 2.11 bits per heavy atom. The van der Waals surface area contributed by atoms with Crippen molar-refractivity contribution in [1.82, 2.24) is 4.90 Å². The molecule has 0 spiro atoms. The molecule has 0 amide bonds. The van der Waals surface area contributed by atoms with Gasteiger partial charge in [-0.2, -0.15) is 0 Å². The molecule has 2 saturated heterocycles. The van der Waals surface area contributed by atoms with Crippen molar-refractivity contribution in [1.29, 1.82) is 0 Å². The molecule has 18 heavy (non-hydrogen) atoms. The molecule has 0 aromatic heterocycles. The van der Waals surface area contributed by atoms with E-state index in [1.54, 1.807) is 0 Å². The highest BCUT2D eigenvalue weighted by molar-refractivity contribution is 5.33. The lowest BCUT2D eigenvalue weighted by Gasteiger charge is -2.30. The van der Waals surface area contributed by atoms with Crippen LogP contribution in [-0.4, -0.2) is 35.7 Å². The molecule has 2 heterocycles. The number of benzene rings is 1. The van der Waals surface area contributed by atoms with E-state index in [4.69, 9.17) is 4.74 Å². The summed E-state index contributed by atoms with van der Waals surface area (Å²) in [4.78, 5) is 2.43. The molecule has 3 heteroatoms. The first-order valence-corrected chi connectivity index (χ1v) is 6.94. The number of hydrogen-bond acceptors (Lipinski definition) is 3. The van der Waals surface area contributed by atoms with Gasteiger partial charge in [-0.15, -0.1) is 0 Å². The summed E-state index contributed by atoms with van der Waals surface area (Å²) in [6.07, 6.45) is 3.18. The lowest BCUT2D eigenvalue weighted by atomic mass is 9.85. The molecular formula is C15H21NO2. The lowest BCUT2D eigenvalue weighted by Crippen LogP contribution is -2.38. The van der Waals surface area contributed by atoms with Crippen molar-refractivity contribution < 1.29 is 9.84 Å². The van der Waals surface area contributed by atoms with E-state index in [2.05, 4.69) is 4.90 Å². The van der Waals surface area contributed by atoms with Crippen LogP contribution in [0.3, 0.4) is 0 Å². The highest BCUT2D eigenvalue weighted by Gasteiger charge is 2.48. The molecule has 3 rings (SSSR count). The highest BCUT2D eigenvalue weighted by Crippen LogP contribution is 2.43. The van der Waals surface area contributed by atoms with E-state index in [1.807, 2.05) is 31.2 Å². The largest absolute Gasteiger partial charge is 0.494 e. The molecule has 0 radical (unpaired) electrons. The van der Waals surface area contributed by atoms with Gasteiger partial charge in [0.1, 0.15) is 11.4 Å². The molecule has 2 aliphatic rings. The summed E-state index contributed by atoms with van der Waals surface area (Å²) in [5.41, 5.74) is 0.390. The molecule has 1 aromatic rings. The van der Waals surface area contributed by atoms with Crippen LogP contribution in [0.5, 0.6) is 5.75 Å². The van der Waals surface area contributed by atoms with Crippen LogP contribution < -0.4 is 4.74 Å². The van der Waals surface area contributed by atoms with Gasteiger partial charge in [0.2, 0.25) is 0 Å². The number of rotatable bonds is 3. The quantitative estimate of drug-likeness (QED) is 0.888. The van der Waals surface area contributed by atoms with Gasteiger partial charge in [-0.05, 0) is 50.4 Å². The van der Waals surface area contributed by atoms with Crippen LogP contribution >= 0.6 is 0 Å². The van der Waals surface area contributed by atoms with Crippen molar-refractivity contribution in [3.8, 4) is 5.75 Å². The van der Waals surface area contributed by atoms with E-state index in [-0.39, 0.29) is 0 Å². The minimum atomic E-state index is -0.652. The summed E-state index contributed by atoms with van der Waals surface area (Å²) in [5.74, 6) is 0.881. The van der Waals surface area contributed by atoms with Gasteiger partial charge >= 0.3 is 0 Å². The summed E-state index contributed by atoms with van der Waals surface area (Å²) < 4.78 is 5.45. The predicted octanol–water partition coefficient (Wildman–Crippen LogP) is 2.14. The Morgan fingerprint density at radius 3 is 2.83 bits per heavy atom. The molecule has 98 valence electrons. The second-order valence-corrected chi connectivity index (χ2v) is 5.33.